The fourth-order valence-electron chi connectivity index (χ4n) is 2.62. The van der Waals surface area contributed by atoms with Gasteiger partial charge < -0.3 is 4.74 Å². The zero-order valence-electron chi connectivity index (χ0n) is 13.6. The summed E-state index contributed by atoms with van der Waals surface area (Å²) in [4.78, 5) is 25.6. The lowest BCUT2D eigenvalue weighted by molar-refractivity contribution is -0.153. The highest BCUT2D eigenvalue weighted by atomic mass is 127. The molecule has 0 atom stereocenters. The van der Waals surface area contributed by atoms with Crippen LogP contribution in [0.5, 0.6) is 0 Å². The van der Waals surface area contributed by atoms with Crippen LogP contribution in [0, 0.1) is 15.2 Å². The number of hydrogen-bond donors (Lipinski definition) is 0. The smallest absolute Gasteiger partial charge is 0.326 e. The number of carbonyl (C=O) groups is 2. The highest BCUT2D eigenvalue weighted by molar-refractivity contribution is 14.1. The Hall–Kier alpha value is -1.25. The SMILES string of the molecule is CC(C)(C)OC(=O)CN1C(=O)C(C)(C)c2c(F)c(I)cc(F)c21. The first-order valence-corrected chi connectivity index (χ1v) is 8.16. The van der Waals surface area contributed by atoms with E-state index in [-0.39, 0.29) is 14.8 Å². The molecule has 0 fully saturated rings. The van der Waals surface area contributed by atoms with E-state index in [1.54, 1.807) is 43.4 Å². The van der Waals surface area contributed by atoms with E-state index >= 15 is 0 Å². The lowest BCUT2D eigenvalue weighted by Crippen LogP contribution is -2.41. The van der Waals surface area contributed by atoms with Gasteiger partial charge in [-0.25, -0.2) is 8.78 Å². The van der Waals surface area contributed by atoms with Crippen LogP contribution >= 0.6 is 22.6 Å². The van der Waals surface area contributed by atoms with Crippen molar-refractivity contribution in [2.45, 2.75) is 45.6 Å². The highest BCUT2D eigenvalue weighted by Crippen LogP contribution is 2.45. The maximum atomic E-state index is 14.5. The fourth-order valence-corrected chi connectivity index (χ4v) is 3.16. The van der Waals surface area contributed by atoms with Crippen molar-refractivity contribution < 1.29 is 23.1 Å². The van der Waals surface area contributed by atoms with Gasteiger partial charge in [-0.1, -0.05) is 0 Å². The quantitative estimate of drug-likeness (QED) is 0.404. The van der Waals surface area contributed by atoms with Gasteiger partial charge in [-0.15, -0.1) is 0 Å². The summed E-state index contributed by atoms with van der Waals surface area (Å²) in [6, 6.07) is 1.02. The van der Waals surface area contributed by atoms with Crippen LogP contribution in [0.3, 0.4) is 0 Å². The highest BCUT2D eigenvalue weighted by Gasteiger charge is 2.49. The number of benzene rings is 1. The molecule has 1 aromatic carbocycles. The molecule has 4 nitrogen and oxygen atoms in total. The van der Waals surface area contributed by atoms with E-state index in [1.807, 2.05) is 0 Å². The molecule has 0 bridgehead atoms. The number of nitrogens with zero attached hydrogens (tertiary/aromatic N) is 1. The van der Waals surface area contributed by atoms with Gasteiger partial charge in [0.2, 0.25) is 5.91 Å². The number of hydrogen-bond acceptors (Lipinski definition) is 3. The van der Waals surface area contributed by atoms with Gasteiger partial charge in [0.25, 0.3) is 0 Å². The van der Waals surface area contributed by atoms with E-state index in [0.29, 0.717) is 0 Å². The van der Waals surface area contributed by atoms with E-state index in [9.17, 15) is 18.4 Å². The molecule has 0 saturated carbocycles. The van der Waals surface area contributed by atoms with E-state index in [2.05, 4.69) is 0 Å². The number of halogens is 3. The summed E-state index contributed by atoms with van der Waals surface area (Å²) in [6.07, 6.45) is 0. The Bertz CT molecular complexity index is 696. The van der Waals surface area contributed by atoms with Crippen LogP contribution in [0.15, 0.2) is 6.07 Å². The van der Waals surface area contributed by atoms with Crippen LogP contribution in [0.25, 0.3) is 0 Å². The lowest BCUT2D eigenvalue weighted by atomic mass is 9.86. The molecule has 1 aromatic rings. The van der Waals surface area contributed by atoms with E-state index < -0.39 is 41.1 Å². The Morgan fingerprint density at radius 1 is 1.35 bits per heavy atom. The third-order valence-corrected chi connectivity index (χ3v) is 4.31. The van der Waals surface area contributed by atoms with Crippen molar-refractivity contribution in [2.24, 2.45) is 0 Å². The Morgan fingerprint density at radius 3 is 2.43 bits per heavy atom. The summed E-state index contributed by atoms with van der Waals surface area (Å²) < 4.78 is 34.1. The molecule has 1 heterocycles. The number of carbonyl (C=O) groups excluding carboxylic acids is 2. The second-order valence-corrected chi connectivity index (χ2v) is 8.14. The predicted molar refractivity (Wildman–Crippen MR) is 90.3 cm³/mol. The number of anilines is 1. The standard InChI is InChI=1S/C16H18F2INO3/c1-15(2,3)23-10(21)7-20-13-8(17)6-9(19)12(18)11(13)16(4,5)14(20)22/h6H,7H2,1-5H3. The van der Waals surface area contributed by atoms with E-state index in [0.717, 1.165) is 11.0 Å². The average molecular weight is 437 g/mol. The summed E-state index contributed by atoms with van der Waals surface area (Å²) in [5.74, 6) is -2.56. The predicted octanol–water partition coefficient (Wildman–Crippen LogP) is 3.54. The van der Waals surface area contributed by atoms with Gasteiger partial charge in [0.15, 0.2) is 0 Å². The second-order valence-electron chi connectivity index (χ2n) is 6.98. The van der Waals surface area contributed by atoms with Crippen LogP contribution in [0.1, 0.15) is 40.2 Å². The van der Waals surface area contributed by atoms with Crippen LogP contribution in [-0.2, 0) is 19.7 Å². The van der Waals surface area contributed by atoms with Gasteiger partial charge in [-0.05, 0) is 63.3 Å². The van der Waals surface area contributed by atoms with Crippen LogP contribution in [-0.4, -0.2) is 24.0 Å². The first-order chi connectivity index (χ1) is 10.4. The number of ether oxygens (including phenoxy) is 1. The average Bonchev–Trinajstić information content (AvgIpc) is 2.55. The van der Waals surface area contributed by atoms with Crippen LogP contribution in [0.2, 0.25) is 0 Å². The molecule has 126 valence electrons. The number of fused-ring (bicyclic) bond motifs is 1. The molecule has 2 rings (SSSR count). The largest absolute Gasteiger partial charge is 0.459 e. The van der Waals surface area contributed by atoms with Gasteiger partial charge in [0.1, 0.15) is 23.8 Å². The van der Waals surface area contributed by atoms with Crippen LogP contribution < -0.4 is 4.90 Å². The van der Waals surface area contributed by atoms with Gasteiger partial charge in [0, 0.05) is 5.56 Å². The minimum absolute atomic E-state index is 0.0181. The Balaban J connectivity index is 2.48. The molecule has 7 heteroatoms. The second kappa shape index (κ2) is 5.68. The Morgan fingerprint density at radius 2 is 1.91 bits per heavy atom. The summed E-state index contributed by atoms with van der Waals surface area (Å²) in [5.41, 5.74) is -2.17. The van der Waals surface area contributed by atoms with Gasteiger partial charge in [-0.3, -0.25) is 14.5 Å². The van der Waals surface area contributed by atoms with Crippen molar-refractivity contribution in [3.63, 3.8) is 0 Å². The molecule has 1 aliphatic rings. The summed E-state index contributed by atoms with van der Waals surface area (Å²) >= 11 is 1.68. The molecule has 1 aliphatic heterocycles. The topological polar surface area (TPSA) is 46.6 Å². The molecular formula is C16H18F2INO3. The number of esters is 1. The van der Waals surface area contributed by atoms with Crippen molar-refractivity contribution in [1.82, 2.24) is 0 Å². The van der Waals surface area contributed by atoms with Crippen LogP contribution in [0.4, 0.5) is 14.5 Å². The molecule has 23 heavy (non-hydrogen) atoms. The molecule has 0 radical (unpaired) electrons. The summed E-state index contributed by atoms with van der Waals surface area (Å²) in [6.45, 7) is 7.65. The van der Waals surface area contributed by atoms with Crippen molar-refractivity contribution in [3.05, 3.63) is 26.8 Å². The fraction of sp³-hybridized carbons (Fsp3) is 0.500. The minimum Gasteiger partial charge on any atom is -0.459 e. The van der Waals surface area contributed by atoms with Gasteiger partial charge >= 0.3 is 5.97 Å². The first kappa shape index (κ1) is 18.1. The Labute approximate surface area is 147 Å². The van der Waals surface area contributed by atoms with E-state index in [4.69, 9.17) is 4.74 Å². The zero-order chi connectivity index (χ0) is 17.7. The first-order valence-electron chi connectivity index (χ1n) is 7.08. The summed E-state index contributed by atoms with van der Waals surface area (Å²) in [7, 11) is 0. The van der Waals surface area contributed by atoms with Gasteiger partial charge in [0.05, 0.1) is 14.7 Å². The zero-order valence-corrected chi connectivity index (χ0v) is 15.7. The lowest BCUT2D eigenvalue weighted by Gasteiger charge is -2.23. The summed E-state index contributed by atoms with van der Waals surface area (Å²) in [5, 5.41) is 0. The third kappa shape index (κ3) is 3.20. The monoisotopic (exact) mass is 437 g/mol. The van der Waals surface area contributed by atoms with Crippen molar-refractivity contribution in [1.29, 1.82) is 0 Å². The van der Waals surface area contributed by atoms with Crippen molar-refractivity contribution in [2.75, 3.05) is 11.4 Å². The normalized spacial score (nSPS) is 16.5. The maximum Gasteiger partial charge on any atom is 0.326 e. The molecule has 0 aromatic heterocycles. The molecule has 1 amide bonds. The Kier molecular flexibility index (Phi) is 4.47. The van der Waals surface area contributed by atoms with Crippen molar-refractivity contribution in [3.8, 4) is 0 Å². The maximum absolute atomic E-state index is 14.5. The number of amides is 1. The minimum atomic E-state index is -1.25. The van der Waals surface area contributed by atoms with Crippen molar-refractivity contribution >= 4 is 40.2 Å². The molecule has 0 aliphatic carbocycles. The molecule has 0 saturated heterocycles. The van der Waals surface area contributed by atoms with E-state index in [1.165, 1.54) is 13.8 Å². The number of rotatable bonds is 2. The molecule has 0 N–H and O–H groups in total. The van der Waals surface area contributed by atoms with Gasteiger partial charge in [-0.2, -0.15) is 0 Å². The molecule has 0 unspecified atom stereocenters. The molecule has 0 spiro atoms. The third-order valence-electron chi connectivity index (χ3n) is 3.53. The molecular weight excluding hydrogens is 419 g/mol.